The molecule has 0 fully saturated rings. The van der Waals surface area contributed by atoms with Gasteiger partial charge in [0.1, 0.15) is 5.75 Å². The fourth-order valence-electron chi connectivity index (χ4n) is 4.38. The van der Waals surface area contributed by atoms with Gasteiger partial charge in [0.25, 0.3) is 0 Å². The van der Waals surface area contributed by atoms with Crippen LogP contribution in [0.3, 0.4) is 0 Å². The van der Waals surface area contributed by atoms with Crippen molar-refractivity contribution in [1.82, 2.24) is 9.47 Å². The van der Waals surface area contributed by atoms with Crippen molar-refractivity contribution >= 4 is 5.91 Å². The van der Waals surface area contributed by atoms with Gasteiger partial charge < -0.3 is 14.2 Å². The molecule has 4 heteroatoms. The second-order valence-corrected chi connectivity index (χ2v) is 8.53. The van der Waals surface area contributed by atoms with Crippen molar-refractivity contribution in [2.24, 2.45) is 0 Å². The zero-order valence-corrected chi connectivity index (χ0v) is 19.9. The van der Waals surface area contributed by atoms with Gasteiger partial charge in [0.2, 0.25) is 5.91 Å². The van der Waals surface area contributed by atoms with Crippen molar-refractivity contribution in [3.8, 4) is 5.75 Å². The Morgan fingerprint density at radius 1 is 0.853 bits per heavy atom. The van der Waals surface area contributed by atoms with Gasteiger partial charge in [-0.1, -0.05) is 79.7 Å². The molecule has 4 nitrogen and oxygen atoms in total. The van der Waals surface area contributed by atoms with E-state index in [-0.39, 0.29) is 11.8 Å². The first kappa shape index (κ1) is 23.4. The third kappa shape index (κ3) is 5.76. The van der Waals surface area contributed by atoms with Gasteiger partial charge in [-0.15, -0.1) is 0 Å². The van der Waals surface area contributed by atoms with Gasteiger partial charge >= 0.3 is 0 Å². The van der Waals surface area contributed by atoms with Gasteiger partial charge in [-0.25, -0.2) is 0 Å². The van der Waals surface area contributed by atoms with E-state index in [9.17, 15) is 4.79 Å². The minimum absolute atomic E-state index is 0.159. The third-order valence-electron chi connectivity index (χ3n) is 6.20. The number of benzene rings is 3. The molecule has 0 N–H and O–H groups in total. The summed E-state index contributed by atoms with van der Waals surface area (Å²) in [4.78, 5) is 15.9. The van der Waals surface area contributed by atoms with E-state index >= 15 is 0 Å². The second-order valence-electron chi connectivity index (χ2n) is 8.53. The predicted molar refractivity (Wildman–Crippen MR) is 137 cm³/mol. The Kier molecular flexibility index (Phi) is 7.82. The van der Waals surface area contributed by atoms with Crippen LogP contribution in [0.15, 0.2) is 103 Å². The maximum absolute atomic E-state index is 13.9. The largest absolute Gasteiger partial charge is 0.497 e. The number of aromatic nitrogens is 1. The number of ether oxygens (including phenoxy) is 1. The van der Waals surface area contributed by atoms with Crippen molar-refractivity contribution in [1.29, 1.82) is 0 Å². The first-order valence-corrected chi connectivity index (χ1v) is 11.8. The maximum atomic E-state index is 13.9. The maximum Gasteiger partial charge on any atom is 0.230 e. The van der Waals surface area contributed by atoms with Crippen molar-refractivity contribution < 1.29 is 9.53 Å². The zero-order valence-electron chi connectivity index (χ0n) is 19.9. The fraction of sp³-hybridized carbons (Fsp3) is 0.233. The van der Waals surface area contributed by atoms with E-state index in [1.54, 1.807) is 7.11 Å². The summed E-state index contributed by atoms with van der Waals surface area (Å²) in [5, 5.41) is 0. The molecule has 34 heavy (non-hydrogen) atoms. The summed E-state index contributed by atoms with van der Waals surface area (Å²) in [6.07, 6.45) is 2.84. The quantitative estimate of drug-likeness (QED) is 0.284. The highest BCUT2D eigenvalue weighted by atomic mass is 16.5. The molecule has 0 bridgehead atoms. The first-order valence-electron chi connectivity index (χ1n) is 11.8. The summed E-state index contributed by atoms with van der Waals surface area (Å²) >= 11 is 0. The third-order valence-corrected chi connectivity index (χ3v) is 6.20. The SMILES string of the molecule is CCC(C(=O)N(Cc1ccccc1)Cc1cccn1Cc1cccc(OC)c1)c1ccccc1. The van der Waals surface area contributed by atoms with Gasteiger partial charge in [0.05, 0.1) is 19.6 Å². The van der Waals surface area contributed by atoms with Gasteiger partial charge in [-0.05, 0) is 47.4 Å². The Morgan fingerprint density at radius 2 is 1.56 bits per heavy atom. The van der Waals surface area contributed by atoms with Crippen LogP contribution in [0.25, 0.3) is 0 Å². The summed E-state index contributed by atoms with van der Waals surface area (Å²) in [7, 11) is 1.68. The Bertz CT molecular complexity index is 1180. The molecule has 0 aliphatic heterocycles. The number of carbonyl (C=O) groups is 1. The summed E-state index contributed by atoms with van der Waals surface area (Å²) in [6.45, 7) is 3.94. The number of hydrogen-bond acceptors (Lipinski definition) is 2. The van der Waals surface area contributed by atoms with Crippen molar-refractivity contribution in [3.63, 3.8) is 0 Å². The van der Waals surface area contributed by atoms with Crippen LogP contribution in [0.1, 0.15) is 41.6 Å². The topological polar surface area (TPSA) is 34.5 Å². The summed E-state index contributed by atoms with van der Waals surface area (Å²) in [5.74, 6) is 0.846. The molecule has 1 atom stereocenters. The lowest BCUT2D eigenvalue weighted by Gasteiger charge is -2.28. The van der Waals surface area contributed by atoms with Crippen LogP contribution < -0.4 is 4.74 Å². The minimum Gasteiger partial charge on any atom is -0.497 e. The number of nitrogens with zero attached hydrogens (tertiary/aromatic N) is 2. The number of rotatable bonds is 10. The lowest BCUT2D eigenvalue weighted by atomic mass is 9.94. The molecule has 1 heterocycles. The standard InChI is InChI=1S/C30H32N2O2/c1-3-29(26-15-8-5-9-16-26)30(33)32(21-24-12-6-4-7-13-24)23-27-17-11-19-31(27)22-25-14-10-18-28(20-25)34-2/h4-20,29H,3,21-23H2,1-2H3. The average molecular weight is 453 g/mol. The van der Waals surface area contributed by atoms with E-state index in [2.05, 4.69) is 66.2 Å². The highest BCUT2D eigenvalue weighted by molar-refractivity contribution is 5.83. The molecule has 0 saturated heterocycles. The molecule has 0 radical (unpaired) electrons. The van der Waals surface area contributed by atoms with E-state index < -0.39 is 0 Å². The van der Waals surface area contributed by atoms with Crippen molar-refractivity contribution in [2.45, 2.75) is 38.9 Å². The highest BCUT2D eigenvalue weighted by Crippen LogP contribution is 2.25. The number of carbonyl (C=O) groups excluding carboxylic acids is 1. The second kappa shape index (κ2) is 11.4. The number of amides is 1. The fourth-order valence-corrected chi connectivity index (χ4v) is 4.38. The molecule has 0 aliphatic carbocycles. The molecular formula is C30H32N2O2. The van der Waals surface area contributed by atoms with E-state index in [0.29, 0.717) is 13.1 Å². The number of methoxy groups -OCH3 is 1. The van der Waals surface area contributed by atoms with E-state index in [4.69, 9.17) is 4.74 Å². The van der Waals surface area contributed by atoms with Crippen LogP contribution in [0.5, 0.6) is 5.75 Å². The van der Waals surface area contributed by atoms with E-state index in [1.165, 1.54) is 0 Å². The molecule has 1 amide bonds. The van der Waals surface area contributed by atoms with Gasteiger partial charge in [0, 0.05) is 25.0 Å². The van der Waals surface area contributed by atoms with Crippen LogP contribution in [0, 0.1) is 0 Å². The average Bonchev–Trinajstić information content (AvgIpc) is 3.31. The normalized spacial score (nSPS) is 11.7. The van der Waals surface area contributed by atoms with Gasteiger partial charge in [-0.3, -0.25) is 4.79 Å². The predicted octanol–water partition coefficient (Wildman–Crippen LogP) is 6.27. The van der Waals surface area contributed by atoms with E-state index in [1.807, 2.05) is 53.4 Å². The Hall–Kier alpha value is -3.79. The molecular weight excluding hydrogens is 420 g/mol. The lowest BCUT2D eigenvalue weighted by molar-refractivity contribution is -0.134. The molecule has 0 saturated carbocycles. The van der Waals surface area contributed by atoms with Gasteiger partial charge in [0.15, 0.2) is 0 Å². The van der Waals surface area contributed by atoms with Crippen molar-refractivity contribution in [2.75, 3.05) is 7.11 Å². The minimum atomic E-state index is -0.160. The summed E-state index contributed by atoms with van der Waals surface area (Å²) in [6, 6.07) is 32.6. The first-order chi connectivity index (χ1) is 16.7. The molecule has 0 aliphatic rings. The van der Waals surface area contributed by atoms with Gasteiger partial charge in [-0.2, -0.15) is 0 Å². The molecule has 0 spiro atoms. The summed E-state index contributed by atoms with van der Waals surface area (Å²) < 4.78 is 7.60. The Labute approximate surface area is 202 Å². The Balaban J connectivity index is 1.60. The van der Waals surface area contributed by atoms with Crippen LogP contribution in [-0.4, -0.2) is 22.5 Å². The van der Waals surface area contributed by atoms with Crippen molar-refractivity contribution in [3.05, 3.63) is 126 Å². The highest BCUT2D eigenvalue weighted by Gasteiger charge is 2.25. The molecule has 3 aromatic carbocycles. The Morgan fingerprint density at radius 3 is 2.26 bits per heavy atom. The van der Waals surface area contributed by atoms with Crippen LogP contribution in [0.2, 0.25) is 0 Å². The van der Waals surface area contributed by atoms with Crippen LogP contribution in [-0.2, 0) is 24.4 Å². The molecule has 174 valence electrons. The number of hydrogen-bond donors (Lipinski definition) is 0. The molecule has 1 aromatic heterocycles. The summed E-state index contributed by atoms with van der Waals surface area (Å²) in [5.41, 5.74) is 4.47. The molecule has 1 unspecified atom stereocenters. The lowest BCUT2D eigenvalue weighted by Crippen LogP contribution is -2.35. The van der Waals surface area contributed by atoms with E-state index in [0.717, 1.165) is 41.1 Å². The molecule has 4 aromatic rings. The van der Waals surface area contributed by atoms with Crippen LogP contribution in [0.4, 0.5) is 0 Å². The monoisotopic (exact) mass is 452 g/mol. The smallest absolute Gasteiger partial charge is 0.230 e. The van der Waals surface area contributed by atoms with Crippen LogP contribution >= 0.6 is 0 Å². The zero-order chi connectivity index (χ0) is 23.8. The molecule has 4 rings (SSSR count).